The number of para-hydroxylation sites is 1. The van der Waals surface area contributed by atoms with Crippen molar-refractivity contribution in [2.45, 2.75) is 18.4 Å². The third kappa shape index (κ3) is 4.92. The molecular weight excluding hydrogens is 392 g/mol. The van der Waals surface area contributed by atoms with Crippen LogP contribution in [0.25, 0.3) is 10.2 Å². The SMILES string of the molecule is O=C1NC(N2CCOCC2)NC(NCCNCCO)C1c1nc2ccccc2s1. The standard InChI is InChI=1S/C19H28N6O3S/c26-10-7-20-5-6-21-16-15(18-22-13-3-1-2-4-14(13)29-18)17(27)24-19(23-16)25-8-11-28-12-9-25/h1-4,15-16,19-21,23,26H,5-12H2,(H,24,27). The number of hydrogen-bond donors (Lipinski definition) is 5. The zero-order valence-corrected chi connectivity index (χ0v) is 17.1. The van der Waals surface area contributed by atoms with E-state index < -0.39 is 5.92 Å². The van der Waals surface area contributed by atoms with Crippen LogP contribution in [0, 0.1) is 0 Å². The minimum atomic E-state index is -0.414. The molecule has 0 bridgehead atoms. The molecule has 0 saturated carbocycles. The van der Waals surface area contributed by atoms with Crippen molar-refractivity contribution in [2.75, 3.05) is 52.5 Å². The molecule has 2 fully saturated rings. The fraction of sp³-hybridized carbons (Fsp3) is 0.579. The van der Waals surface area contributed by atoms with E-state index in [1.807, 2.05) is 24.3 Å². The van der Waals surface area contributed by atoms with Crippen molar-refractivity contribution in [1.82, 2.24) is 31.2 Å². The Labute approximate surface area is 173 Å². The van der Waals surface area contributed by atoms with Gasteiger partial charge in [0.2, 0.25) is 5.91 Å². The van der Waals surface area contributed by atoms with Crippen molar-refractivity contribution in [3.63, 3.8) is 0 Å². The van der Waals surface area contributed by atoms with Crippen LogP contribution in [0.2, 0.25) is 0 Å². The molecule has 2 aliphatic heterocycles. The van der Waals surface area contributed by atoms with Gasteiger partial charge < -0.3 is 20.5 Å². The summed E-state index contributed by atoms with van der Waals surface area (Å²) in [6.45, 7) is 4.91. The quantitative estimate of drug-likeness (QED) is 0.354. The van der Waals surface area contributed by atoms with Gasteiger partial charge in [0.25, 0.3) is 0 Å². The molecule has 158 valence electrons. The van der Waals surface area contributed by atoms with E-state index in [4.69, 9.17) is 14.8 Å². The Balaban J connectivity index is 1.51. The van der Waals surface area contributed by atoms with E-state index in [-0.39, 0.29) is 25.0 Å². The van der Waals surface area contributed by atoms with Crippen molar-refractivity contribution in [2.24, 2.45) is 0 Å². The smallest absolute Gasteiger partial charge is 0.235 e. The summed E-state index contributed by atoms with van der Waals surface area (Å²) in [5.74, 6) is -0.442. The van der Waals surface area contributed by atoms with E-state index in [1.165, 1.54) is 0 Å². The fourth-order valence-electron chi connectivity index (χ4n) is 3.69. The van der Waals surface area contributed by atoms with Gasteiger partial charge in [-0.05, 0) is 12.1 Å². The van der Waals surface area contributed by atoms with Crippen LogP contribution in [0.1, 0.15) is 10.9 Å². The number of benzene rings is 1. The number of morpholine rings is 1. The second kappa shape index (κ2) is 9.90. The van der Waals surface area contributed by atoms with E-state index in [2.05, 4.69) is 26.2 Å². The molecule has 0 aliphatic carbocycles. The lowest BCUT2D eigenvalue weighted by Crippen LogP contribution is -2.70. The van der Waals surface area contributed by atoms with Crippen molar-refractivity contribution < 1.29 is 14.6 Å². The lowest BCUT2D eigenvalue weighted by Gasteiger charge is -2.43. The van der Waals surface area contributed by atoms with Crippen LogP contribution in [0.15, 0.2) is 24.3 Å². The van der Waals surface area contributed by atoms with Gasteiger partial charge in [0.1, 0.15) is 17.2 Å². The molecular formula is C19H28N6O3S. The number of hydrogen-bond acceptors (Lipinski definition) is 9. The van der Waals surface area contributed by atoms with Crippen LogP contribution in [0.4, 0.5) is 0 Å². The molecule has 2 aliphatic rings. The average molecular weight is 421 g/mol. The highest BCUT2D eigenvalue weighted by molar-refractivity contribution is 7.18. The molecule has 10 heteroatoms. The van der Waals surface area contributed by atoms with Crippen molar-refractivity contribution in [3.8, 4) is 0 Å². The largest absolute Gasteiger partial charge is 0.395 e. The molecule has 1 amide bonds. The minimum Gasteiger partial charge on any atom is -0.395 e. The van der Waals surface area contributed by atoms with Gasteiger partial charge in [-0.2, -0.15) is 0 Å². The maximum Gasteiger partial charge on any atom is 0.235 e. The molecule has 3 unspecified atom stereocenters. The molecule has 29 heavy (non-hydrogen) atoms. The van der Waals surface area contributed by atoms with Gasteiger partial charge >= 0.3 is 0 Å². The molecule has 4 rings (SSSR count). The Morgan fingerprint density at radius 2 is 2.07 bits per heavy atom. The Bertz CT molecular complexity index is 779. The lowest BCUT2D eigenvalue weighted by molar-refractivity contribution is -0.131. The van der Waals surface area contributed by atoms with Gasteiger partial charge in [-0.15, -0.1) is 11.3 Å². The fourth-order valence-corrected chi connectivity index (χ4v) is 4.80. The van der Waals surface area contributed by atoms with Gasteiger partial charge in [-0.3, -0.25) is 20.3 Å². The van der Waals surface area contributed by atoms with Crippen molar-refractivity contribution >= 4 is 27.5 Å². The molecule has 0 spiro atoms. The molecule has 0 radical (unpaired) electrons. The van der Waals surface area contributed by atoms with E-state index in [0.717, 1.165) is 28.3 Å². The molecule has 2 saturated heterocycles. The number of nitrogens with one attached hydrogen (secondary N) is 4. The first kappa shape index (κ1) is 20.6. The number of carbonyl (C=O) groups is 1. The number of ether oxygens (including phenoxy) is 1. The van der Waals surface area contributed by atoms with Crippen LogP contribution in [0.3, 0.4) is 0 Å². The Kier molecular flexibility index (Phi) is 7.03. The van der Waals surface area contributed by atoms with Gasteiger partial charge in [-0.1, -0.05) is 12.1 Å². The Hall–Kier alpha value is -1.66. The summed E-state index contributed by atoms with van der Waals surface area (Å²) in [5, 5.41) is 23.0. The first-order valence-corrected chi connectivity index (χ1v) is 10.9. The number of aromatic nitrogens is 1. The molecule has 9 nitrogen and oxygen atoms in total. The zero-order valence-electron chi connectivity index (χ0n) is 16.3. The highest BCUT2D eigenvalue weighted by atomic mass is 32.1. The minimum absolute atomic E-state index is 0.0277. The first-order chi connectivity index (χ1) is 14.3. The monoisotopic (exact) mass is 420 g/mol. The number of nitrogens with zero attached hydrogens (tertiary/aromatic N) is 2. The third-order valence-electron chi connectivity index (χ3n) is 5.17. The second-order valence-electron chi connectivity index (χ2n) is 7.13. The molecule has 3 atom stereocenters. The number of fused-ring (bicyclic) bond motifs is 1. The number of aliphatic hydroxyl groups excluding tert-OH is 1. The molecule has 2 aromatic rings. The molecule has 5 N–H and O–H groups in total. The number of carbonyl (C=O) groups excluding carboxylic acids is 1. The summed E-state index contributed by atoms with van der Waals surface area (Å²) < 4.78 is 6.51. The summed E-state index contributed by atoms with van der Waals surface area (Å²) >= 11 is 1.56. The van der Waals surface area contributed by atoms with E-state index in [9.17, 15) is 4.79 Å². The second-order valence-corrected chi connectivity index (χ2v) is 8.19. The Morgan fingerprint density at radius 3 is 2.86 bits per heavy atom. The summed E-state index contributed by atoms with van der Waals surface area (Å²) in [6, 6.07) is 7.95. The Morgan fingerprint density at radius 1 is 1.24 bits per heavy atom. The van der Waals surface area contributed by atoms with Crippen LogP contribution in [-0.2, 0) is 9.53 Å². The van der Waals surface area contributed by atoms with Crippen molar-refractivity contribution in [1.29, 1.82) is 0 Å². The van der Waals surface area contributed by atoms with Crippen LogP contribution in [0.5, 0.6) is 0 Å². The molecule has 1 aromatic carbocycles. The maximum atomic E-state index is 13.1. The predicted molar refractivity (Wildman–Crippen MR) is 112 cm³/mol. The van der Waals surface area contributed by atoms with Gasteiger partial charge in [0.15, 0.2) is 0 Å². The average Bonchev–Trinajstić information content (AvgIpc) is 3.17. The highest BCUT2D eigenvalue weighted by Gasteiger charge is 2.40. The predicted octanol–water partition coefficient (Wildman–Crippen LogP) is -0.787. The normalized spacial score (nSPS) is 26.0. The van der Waals surface area contributed by atoms with Gasteiger partial charge in [0, 0.05) is 32.7 Å². The maximum absolute atomic E-state index is 13.1. The molecule has 1 aromatic heterocycles. The number of thiazole rings is 1. The van der Waals surface area contributed by atoms with E-state index in [1.54, 1.807) is 11.3 Å². The van der Waals surface area contributed by atoms with Crippen LogP contribution in [-0.4, -0.2) is 85.9 Å². The summed E-state index contributed by atoms with van der Waals surface area (Å²) in [7, 11) is 0. The third-order valence-corrected chi connectivity index (χ3v) is 6.29. The van der Waals surface area contributed by atoms with E-state index >= 15 is 0 Å². The summed E-state index contributed by atoms with van der Waals surface area (Å²) in [4.78, 5) is 20.1. The first-order valence-electron chi connectivity index (χ1n) is 10.0. The molecule has 3 heterocycles. The highest BCUT2D eigenvalue weighted by Crippen LogP contribution is 2.30. The van der Waals surface area contributed by atoms with Crippen LogP contribution >= 0.6 is 11.3 Å². The van der Waals surface area contributed by atoms with Crippen LogP contribution < -0.4 is 21.3 Å². The topological polar surface area (TPSA) is 111 Å². The number of rotatable bonds is 8. The van der Waals surface area contributed by atoms with Gasteiger partial charge in [-0.25, -0.2) is 4.98 Å². The summed E-state index contributed by atoms with van der Waals surface area (Å²) in [5.41, 5.74) is 0.916. The lowest BCUT2D eigenvalue weighted by atomic mass is 10.0. The van der Waals surface area contributed by atoms with E-state index in [0.29, 0.717) is 32.8 Å². The zero-order chi connectivity index (χ0) is 20.1. The van der Waals surface area contributed by atoms with Gasteiger partial charge in [0.05, 0.1) is 36.2 Å². The number of amides is 1. The van der Waals surface area contributed by atoms with Crippen molar-refractivity contribution in [3.05, 3.63) is 29.3 Å². The summed E-state index contributed by atoms with van der Waals surface area (Å²) in [6.07, 6.45) is -0.479. The number of aliphatic hydroxyl groups is 1.